The van der Waals surface area contributed by atoms with Gasteiger partial charge < -0.3 is 10.0 Å². The Bertz CT molecular complexity index is 420. The fraction of sp³-hybridized carbons (Fsp3) is 0.364. The van der Waals surface area contributed by atoms with Gasteiger partial charge in [-0.25, -0.2) is 0 Å². The number of nitro groups is 1. The van der Waals surface area contributed by atoms with E-state index in [2.05, 4.69) is 0 Å². The van der Waals surface area contributed by atoms with E-state index in [-0.39, 0.29) is 18.7 Å². The van der Waals surface area contributed by atoms with Gasteiger partial charge in [-0.3, -0.25) is 14.9 Å². The average molecular weight is 238 g/mol. The predicted octanol–water partition coefficient (Wildman–Crippen LogP) is 1.90. The van der Waals surface area contributed by atoms with E-state index >= 15 is 0 Å². The highest BCUT2D eigenvalue weighted by Gasteiger charge is 2.17. The molecule has 0 aliphatic rings. The highest BCUT2D eigenvalue weighted by atomic mass is 16.6. The van der Waals surface area contributed by atoms with Gasteiger partial charge in [0, 0.05) is 19.2 Å². The van der Waals surface area contributed by atoms with Crippen LogP contribution in [0.15, 0.2) is 24.3 Å². The molecule has 0 spiro atoms. The van der Waals surface area contributed by atoms with Crippen LogP contribution < -0.4 is 4.90 Å². The summed E-state index contributed by atoms with van der Waals surface area (Å²) in [7, 11) is 0. The van der Waals surface area contributed by atoms with Crippen LogP contribution in [0.1, 0.15) is 13.3 Å². The van der Waals surface area contributed by atoms with Crippen LogP contribution >= 0.6 is 0 Å². The lowest BCUT2D eigenvalue weighted by Crippen LogP contribution is -2.26. The number of hydrogen-bond acceptors (Lipinski definition) is 4. The van der Waals surface area contributed by atoms with E-state index in [1.54, 1.807) is 23.1 Å². The SMILES string of the molecule is CCN(CCC(=O)O)c1ccccc1[N+](=O)[O-]. The Labute approximate surface area is 98.6 Å². The van der Waals surface area contributed by atoms with Crippen molar-refractivity contribution in [3.05, 3.63) is 34.4 Å². The normalized spacial score (nSPS) is 9.94. The van der Waals surface area contributed by atoms with Crippen molar-refractivity contribution < 1.29 is 14.8 Å². The molecule has 1 aromatic carbocycles. The van der Waals surface area contributed by atoms with Crippen LogP contribution in [0.25, 0.3) is 0 Å². The fourth-order valence-electron chi connectivity index (χ4n) is 1.57. The van der Waals surface area contributed by atoms with Crippen molar-refractivity contribution in [3.8, 4) is 0 Å². The minimum atomic E-state index is -0.915. The van der Waals surface area contributed by atoms with Gasteiger partial charge in [0.15, 0.2) is 0 Å². The molecule has 17 heavy (non-hydrogen) atoms. The van der Waals surface area contributed by atoms with E-state index in [1.165, 1.54) is 6.07 Å². The average Bonchev–Trinajstić information content (AvgIpc) is 2.30. The summed E-state index contributed by atoms with van der Waals surface area (Å²) in [5, 5.41) is 19.5. The molecule has 0 aliphatic heterocycles. The molecular formula is C11H14N2O4. The smallest absolute Gasteiger partial charge is 0.305 e. The number of carboxylic acid groups (broad SMARTS) is 1. The Morgan fingerprint density at radius 3 is 2.65 bits per heavy atom. The number of nitro benzene ring substituents is 1. The third-order valence-corrected chi connectivity index (χ3v) is 2.40. The summed E-state index contributed by atoms with van der Waals surface area (Å²) >= 11 is 0. The number of anilines is 1. The number of benzene rings is 1. The number of carboxylic acids is 1. The quantitative estimate of drug-likeness (QED) is 0.604. The van der Waals surface area contributed by atoms with Crippen molar-refractivity contribution in [1.29, 1.82) is 0 Å². The van der Waals surface area contributed by atoms with Gasteiger partial charge in [-0.05, 0) is 13.0 Å². The molecule has 0 bridgehead atoms. The first kappa shape index (κ1) is 13.0. The standard InChI is InChI=1S/C11H14N2O4/c1-2-12(8-7-11(14)15)9-5-3-4-6-10(9)13(16)17/h3-6H,2,7-8H2,1H3,(H,14,15). The summed E-state index contributed by atoms with van der Waals surface area (Å²) < 4.78 is 0. The van der Waals surface area contributed by atoms with E-state index in [1.807, 2.05) is 6.92 Å². The van der Waals surface area contributed by atoms with Crippen LogP contribution in [0.3, 0.4) is 0 Å². The van der Waals surface area contributed by atoms with Crippen LogP contribution in [0.5, 0.6) is 0 Å². The molecule has 0 fully saturated rings. The number of nitrogens with zero attached hydrogens (tertiary/aromatic N) is 2. The van der Waals surface area contributed by atoms with Crippen LogP contribution in [0, 0.1) is 10.1 Å². The number of para-hydroxylation sites is 2. The maximum atomic E-state index is 10.8. The second-order valence-electron chi connectivity index (χ2n) is 3.47. The first-order valence-electron chi connectivity index (χ1n) is 5.26. The lowest BCUT2D eigenvalue weighted by atomic mass is 10.2. The van der Waals surface area contributed by atoms with Gasteiger partial charge in [-0.1, -0.05) is 12.1 Å². The van der Waals surface area contributed by atoms with Crippen LogP contribution in [-0.2, 0) is 4.79 Å². The largest absolute Gasteiger partial charge is 0.481 e. The van der Waals surface area contributed by atoms with Gasteiger partial charge in [0.1, 0.15) is 5.69 Å². The molecule has 92 valence electrons. The number of carbonyl (C=O) groups is 1. The van der Waals surface area contributed by atoms with Crippen LogP contribution in [0.4, 0.5) is 11.4 Å². The maximum absolute atomic E-state index is 10.8. The molecule has 0 amide bonds. The Hall–Kier alpha value is -2.11. The van der Waals surface area contributed by atoms with Gasteiger partial charge in [-0.2, -0.15) is 0 Å². The molecule has 1 N–H and O–H groups in total. The summed E-state index contributed by atoms with van der Waals surface area (Å²) in [6.45, 7) is 2.62. The molecule has 6 nitrogen and oxygen atoms in total. The number of hydrogen-bond donors (Lipinski definition) is 1. The lowest BCUT2D eigenvalue weighted by Gasteiger charge is -2.21. The summed E-state index contributed by atoms with van der Waals surface area (Å²) in [5.74, 6) is -0.915. The Morgan fingerprint density at radius 2 is 2.12 bits per heavy atom. The molecular weight excluding hydrogens is 224 g/mol. The van der Waals surface area contributed by atoms with Crippen LogP contribution in [-0.4, -0.2) is 29.1 Å². The molecule has 6 heteroatoms. The minimum absolute atomic E-state index is 0.000242. The monoisotopic (exact) mass is 238 g/mol. The summed E-state index contributed by atoms with van der Waals surface area (Å²) in [6.07, 6.45) is -0.0418. The van der Waals surface area contributed by atoms with Crippen molar-refractivity contribution in [3.63, 3.8) is 0 Å². The Kier molecular flexibility index (Phi) is 4.45. The Morgan fingerprint density at radius 1 is 1.47 bits per heavy atom. The zero-order valence-electron chi connectivity index (χ0n) is 9.50. The van der Waals surface area contributed by atoms with Crippen molar-refractivity contribution >= 4 is 17.3 Å². The molecule has 0 aromatic heterocycles. The minimum Gasteiger partial charge on any atom is -0.481 e. The third-order valence-electron chi connectivity index (χ3n) is 2.40. The van der Waals surface area contributed by atoms with E-state index in [9.17, 15) is 14.9 Å². The molecule has 1 rings (SSSR count). The summed E-state index contributed by atoms with van der Waals surface area (Å²) in [5.41, 5.74) is 0.459. The molecule has 0 saturated heterocycles. The highest BCUT2D eigenvalue weighted by Crippen LogP contribution is 2.27. The van der Waals surface area contributed by atoms with Crippen molar-refractivity contribution in [2.45, 2.75) is 13.3 Å². The zero-order valence-corrected chi connectivity index (χ0v) is 9.50. The maximum Gasteiger partial charge on any atom is 0.305 e. The highest BCUT2D eigenvalue weighted by molar-refractivity contribution is 5.69. The van der Waals surface area contributed by atoms with Gasteiger partial charge in [-0.15, -0.1) is 0 Å². The molecule has 0 atom stereocenters. The van der Waals surface area contributed by atoms with E-state index in [0.29, 0.717) is 12.2 Å². The summed E-state index contributed by atoms with van der Waals surface area (Å²) in [6, 6.07) is 6.33. The molecule has 1 aromatic rings. The van der Waals surface area contributed by atoms with Gasteiger partial charge >= 0.3 is 5.97 Å². The Balaban J connectivity index is 2.94. The van der Waals surface area contributed by atoms with Crippen molar-refractivity contribution in [2.75, 3.05) is 18.0 Å². The molecule has 0 heterocycles. The van der Waals surface area contributed by atoms with Crippen molar-refractivity contribution in [1.82, 2.24) is 0 Å². The van der Waals surface area contributed by atoms with Crippen LogP contribution in [0.2, 0.25) is 0 Å². The first-order chi connectivity index (χ1) is 8.06. The molecule has 0 unspecified atom stereocenters. The lowest BCUT2D eigenvalue weighted by molar-refractivity contribution is -0.384. The third kappa shape index (κ3) is 3.44. The predicted molar refractivity (Wildman–Crippen MR) is 63.2 cm³/mol. The van der Waals surface area contributed by atoms with E-state index in [4.69, 9.17) is 5.11 Å². The number of rotatable bonds is 6. The van der Waals surface area contributed by atoms with Crippen molar-refractivity contribution in [2.24, 2.45) is 0 Å². The van der Waals surface area contributed by atoms with E-state index < -0.39 is 10.9 Å². The van der Waals surface area contributed by atoms with Gasteiger partial charge in [0.05, 0.1) is 11.3 Å². The number of aliphatic carboxylic acids is 1. The topological polar surface area (TPSA) is 83.7 Å². The summed E-state index contributed by atoms with van der Waals surface area (Å²) in [4.78, 5) is 22.6. The second kappa shape index (κ2) is 5.83. The fourth-order valence-corrected chi connectivity index (χ4v) is 1.57. The van der Waals surface area contributed by atoms with Gasteiger partial charge in [0.25, 0.3) is 5.69 Å². The van der Waals surface area contributed by atoms with E-state index in [0.717, 1.165) is 0 Å². The van der Waals surface area contributed by atoms with Gasteiger partial charge in [0.2, 0.25) is 0 Å². The first-order valence-corrected chi connectivity index (χ1v) is 5.26. The second-order valence-corrected chi connectivity index (χ2v) is 3.47. The molecule has 0 saturated carbocycles. The molecule has 0 aliphatic carbocycles. The molecule has 0 radical (unpaired) electrons. The zero-order chi connectivity index (χ0) is 12.8.